The van der Waals surface area contributed by atoms with Crippen molar-refractivity contribution in [2.75, 3.05) is 5.32 Å². The van der Waals surface area contributed by atoms with Gasteiger partial charge in [0.25, 0.3) is 0 Å². The fraction of sp³-hybridized carbons (Fsp3) is 0.556. The maximum Gasteiger partial charge on any atom is 0.203 e. The second-order valence-electron chi connectivity index (χ2n) is 2.80. The second kappa shape index (κ2) is 4.83. The maximum atomic E-state index is 5.36. The lowest BCUT2D eigenvalue weighted by Crippen LogP contribution is -2.16. The van der Waals surface area contributed by atoms with Gasteiger partial charge in [-0.1, -0.05) is 19.3 Å². The summed E-state index contributed by atoms with van der Waals surface area (Å²) in [5.41, 5.74) is 0. The molecule has 0 bridgehead atoms. The van der Waals surface area contributed by atoms with Crippen molar-refractivity contribution in [3.8, 4) is 12.3 Å². The Labute approximate surface area is 82.8 Å². The highest BCUT2D eigenvalue weighted by Crippen LogP contribution is 2.12. The van der Waals surface area contributed by atoms with Crippen molar-refractivity contribution in [2.24, 2.45) is 0 Å². The zero-order valence-electron chi connectivity index (χ0n) is 7.87. The first-order chi connectivity index (χ1) is 6.26. The molecule has 0 aliphatic heterocycles. The van der Waals surface area contributed by atoms with Gasteiger partial charge in [-0.3, -0.25) is 0 Å². The van der Waals surface area contributed by atoms with Crippen LogP contribution in [0.3, 0.4) is 0 Å². The molecule has 0 fully saturated rings. The standard InChI is InChI=1S/C9H13N3S/c1-4-6-8(5-2)11-9-10-7(3)12-13-9/h2,8H,4,6H2,1,3H3,(H,10,11,12). The summed E-state index contributed by atoms with van der Waals surface area (Å²) in [6.07, 6.45) is 7.39. The topological polar surface area (TPSA) is 37.8 Å². The number of anilines is 1. The van der Waals surface area contributed by atoms with E-state index in [0.29, 0.717) is 0 Å². The number of aryl methyl sites for hydroxylation is 1. The third kappa shape index (κ3) is 3.03. The molecule has 0 saturated carbocycles. The Balaban J connectivity index is 2.52. The van der Waals surface area contributed by atoms with Gasteiger partial charge in [0.1, 0.15) is 5.82 Å². The summed E-state index contributed by atoms with van der Waals surface area (Å²) in [6.45, 7) is 3.98. The van der Waals surface area contributed by atoms with Crippen molar-refractivity contribution in [1.82, 2.24) is 9.36 Å². The molecule has 1 N–H and O–H groups in total. The van der Waals surface area contributed by atoms with Crippen LogP contribution >= 0.6 is 11.5 Å². The van der Waals surface area contributed by atoms with Crippen LogP contribution in [-0.4, -0.2) is 15.4 Å². The highest BCUT2D eigenvalue weighted by Gasteiger charge is 2.06. The lowest BCUT2D eigenvalue weighted by molar-refractivity contribution is 0.754. The fourth-order valence-electron chi connectivity index (χ4n) is 0.991. The molecule has 4 heteroatoms. The Hall–Kier alpha value is -1.08. The van der Waals surface area contributed by atoms with Crippen molar-refractivity contribution in [3.63, 3.8) is 0 Å². The van der Waals surface area contributed by atoms with E-state index in [9.17, 15) is 0 Å². The molecule has 1 rings (SSSR count). The molecule has 0 amide bonds. The highest BCUT2D eigenvalue weighted by atomic mass is 32.1. The van der Waals surface area contributed by atoms with Gasteiger partial charge in [-0.25, -0.2) is 4.98 Å². The molecule has 1 heterocycles. The van der Waals surface area contributed by atoms with Crippen LogP contribution in [0.1, 0.15) is 25.6 Å². The van der Waals surface area contributed by atoms with Crippen LogP contribution in [0, 0.1) is 19.3 Å². The summed E-state index contributed by atoms with van der Waals surface area (Å²) in [4.78, 5) is 4.18. The van der Waals surface area contributed by atoms with Crippen molar-refractivity contribution < 1.29 is 0 Å². The molecular formula is C9H13N3S. The Bertz CT molecular complexity index is 300. The predicted molar refractivity (Wildman–Crippen MR) is 55.8 cm³/mol. The molecule has 3 nitrogen and oxygen atoms in total. The molecule has 0 spiro atoms. The number of hydrogen-bond acceptors (Lipinski definition) is 4. The normalized spacial score (nSPS) is 12.1. The van der Waals surface area contributed by atoms with E-state index in [2.05, 4.69) is 27.5 Å². The predicted octanol–water partition coefficient (Wildman–Crippen LogP) is 2.06. The number of terminal acetylenes is 1. The number of aromatic nitrogens is 2. The highest BCUT2D eigenvalue weighted by molar-refractivity contribution is 7.09. The first-order valence-corrected chi connectivity index (χ1v) is 5.06. The quantitative estimate of drug-likeness (QED) is 0.747. The van der Waals surface area contributed by atoms with Gasteiger partial charge in [0.15, 0.2) is 0 Å². The molecule has 70 valence electrons. The first-order valence-electron chi connectivity index (χ1n) is 4.29. The van der Waals surface area contributed by atoms with E-state index in [-0.39, 0.29) is 6.04 Å². The lowest BCUT2D eigenvalue weighted by atomic mass is 10.2. The third-order valence-corrected chi connectivity index (χ3v) is 2.34. The van der Waals surface area contributed by atoms with Gasteiger partial charge in [0.2, 0.25) is 5.13 Å². The van der Waals surface area contributed by atoms with E-state index >= 15 is 0 Å². The van der Waals surface area contributed by atoms with Gasteiger partial charge in [-0.05, 0) is 13.3 Å². The summed E-state index contributed by atoms with van der Waals surface area (Å²) in [6, 6.07) is 0.0809. The Morgan fingerprint density at radius 1 is 1.69 bits per heavy atom. The van der Waals surface area contributed by atoms with Crippen LogP contribution < -0.4 is 5.32 Å². The lowest BCUT2D eigenvalue weighted by Gasteiger charge is -2.09. The largest absolute Gasteiger partial charge is 0.347 e. The molecule has 1 atom stereocenters. The minimum atomic E-state index is 0.0809. The molecule has 0 aromatic carbocycles. The molecule has 0 aliphatic rings. The van der Waals surface area contributed by atoms with E-state index in [1.807, 2.05) is 6.92 Å². The fourth-order valence-corrected chi connectivity index (χ4v) is 1.62. The van der Waals surface area contributed by atoms with Gasteiger partial charge in [0, 0.05) is 11.5 Å². The third-order valence-electron chi connectivity index (χ3n) is 1.60. The Morgan fingerprint density at radius 2 is 2.46 bits per heavy atom. The summed E-state index contributed by atoms with van der Waals surface area (Å²) in [7, 11) is 0. The molecule has 1 unspecified atom stereocenters. The van der Waals surface area contributed by atoms with Crippen LogP contribution in [0.25, 0.3) is 0 Å². The van der Waals surface area contributed by atoms with Gasteiger partial charge < -0.3 is 5.32 Å². The Kier molecular flexibility index (Phi) is 3.71. The minimum absolute atomic E-state index is 0.0809. The molecule has 13 heavy (non-hydrogen) atoms. The van der Waals surface area contributed by atoms with Gasteiger partial charge in [-0.2, -0.15) is 4.37 Å². The zero-order chi connectivity index (χ0) is 9.68. The SMILES string of the molecule is C#CC(CCC)Nc1nc(C)ns1. The van der Waals surface area contributed by atoms with Crippen LogP contribution in [0.2, 0.25) is 0 Å². The van der Waals surface area contributed by atoms with E-state index in [1.165, 1.54) is 11.5 Å². The number of rotatable bonds is 4. The first kappa shape index (κ1) is 10.0. The molecule has 1 aromatic heterocycles. The average Bonchev–Trinajstić information content (AvgIpc) is 2.50. The Morgan fingerprint density at radius 3 is 2.92 bits per heavy atom. The van der Waals surface area contributed by atoms with Crippen LogP contribution in [0.15, 0.2) is 0 Å². The minimum Gasteiger partial charge on any atom is -0.347 e. The summed E-state index contributed by atoms with van der Waals surface area (Å²) >= 11 is 1.35. The van der Waals surface area contributed by atoms with Gasteiger partial charge in [0.05, 0.1) is 6.04 Å². The molecular weight excluding hydrogens is 182 g/mol. The van der Waals surface area contributed by atoms with Crippen LogP contribution in [0.4, 0.5) is 5.13 Å². The summed E-state index contributed by atoms with van der Waals surface area (Å²) in [5.74, 6) is 3.48. The number of nitrogens with zero attached hydrogens (tertiary/aromatic N) is 2. The van der Waals surface area contributed by atoms with Crippen molar-refractivity contribution in [2.45, 2.75) is 32.7 Å². The summed E-state index contributed by atoms with van der Waals surface area (Å²) in [5, 5.41) is 3.97. The summed E-state index contributed by atoms with van der Waals surface area (Å²) < 4.78 is 4.06. The van der Waals surface area contributed by atoms with Gasteiger partial charge >= 0.3 is 0 Å². The van der Waals surface area contributed by atoms with Crippen molar-refractivity contribution in [3.05, 3.63) is 5.82 Å². The molecule has 0 aliphatic carbocycles. The monoisotopic (exact) mass is 195 g/mol. The van der Waals surface area contributed by atoms with Crippen LogP contribution in [0.5, 0.6) is 0 Å². The molecule has 0 saturated heterocycles. The van der Waals surface area contributed by atoms with Crippen molar-refractivity contribution >= 4 is 16.7 Å². The zero-order valence-corrected chi connectivity index (χ0v) is 8.69. The van der Waals surface area contributed by atoms with Crippen LogP contribution in [-0.2, 0) is 0 Å². The van der Waals surface area contributed by atoms with Crippen molar-refractivity contribution in [1.29, 1.82) is 0 Å². The van der Waals surface area contributed by atoms with E-state index in [0.717, 1.165) is 23.8 Å². The second-order valence-corrected chi connectivity index (χ2v) is 3.55. The number of nitrogens with one attached hydrogen (secondary N) is 1. The smallest absolute Gasteiger partial charge is 0.203 e. The van der Waals surface area contributed by atoms with E-state index < -0.39 is 0 Å². The number of hydrogen-bond donors (Lipinski definition) is 1. The molecule has 0 radical (unpaired) electrons. The van der Waals surface area contributed by atoms with E-state index in [4.69, 9.17) is 6.42 Å². The average molecular weight is 195 g/mol. The van der Waals surface area contributed by atoms with Gasteiger partial charge in [-0.15, -0.1) is 6.42 Å². The van der Waals surface area contributed by atoms with E-state index in [1.54, 1.807) is 0 Å². The molecule has 1 aromatic rings. The maximum absolute atomic E-state index is 5.36.